The second-order valence-electron chi connectivity index (χ2n) is 4.54. The molecule has 0 saturated carbocycles. The molecule has 22 heavy (non-hydrogen) atoms. The smallest absolute Gasteiger partial charge is 0.230 e. The lowest BCUT2D eigenvalue weighted by Gasteiger charge is -2.09. The van der Waals surface area contributed by atoms with Crippen LogP contribution in [0.4, 0.5) is 5.69 Å². The van der Waals surface area contributed by atoms with Crippen molar-refractivity contribution in [3.63, 3.8) is 0 Å². The lowest BCUT2D eigenvalue weighted by Crippen LogP contribution is -2.25. The molecule has 0 atom stereocenters. The van der Waals surface area contributed by atoms with E-state index in [-0.39, 0.29) is 24.1 Å². The Morgan fingerprint density at radius 2 is 2.05 bits per heavy atom. The number of hydrogen-bond donors (Lipinski definition) is 2. The van der Waals surface area contributed by atoms with E-state index in [1.807, 2.05) is 18.2 Å². The van der Waals surface area contributed by atoms with E-state index in [0.29, 0.717) is 17.1 Å². The van der Waals surface area contributed by atoms with Crippen LogP contribution in [0.2, 0.25) is 0 Å². The highest BCUT2D eigenvalue weighted by atomic mass is 32.2. The first kappa shape index (κ1) is 16.0. The number of hydrogen-bond acceptors (Lipinski definition) is 6. The van der Waals surface area contributed by atoms with Gasteiger partial charge in [0.1, 0.15) is 11.4 Å². The lowest BCUT2D eigenvalue weighted by molar-refractivity contribution is -0.118. The molecule has 116 valence electrons. The third kappa shape index (κ3) is 4.59. The standard InChI is InChI=1S/C14H16N4O3S/c1-9-12(18-21-17-9)7-15-14(20)8-22-13-6-4-3-5-11(13)16-10(2)19/h3-6H,7-8H2,1-2H3,(H,15,20)(H,16,19). The maximum Gasteiger partial charge on any atom is 0.230 e. The molecule has 1 aromatic carbocycles. The molecular weight excluding hydrogens is 304 g/mol. The second kappa shape index (κ2) is 7.60. The molecule has 1 aromatic heterocycles. The molecular formula is C14H16N4O3S. The van der Waals surface area contributed by atoms with Gasteiger partial charge in [0, 0.05) is 11.8 Å². The molecule has 2 aromatic rings. The Morgan fingerprint density at radius 3 is 2.73 bits per heavy atom. The number of anilines is 1. The number of rotatable bonds is 6. The van der Waals surface area contributed by atoms with E-state index in [1.54, 1.807) is 13.0 Å². The van der Waals surface area contributed by atoms with E-state index in [0.717, 1.165) is 4.90 Å². The Balaban J connectivity index is 1.86. The van der Waals surface area contributed by atoms with Gasteiger partial charge in [-0.05, 0) is 19.1 Å². The summed E-state index contributed by atoms with van der Waals surface area (Å²) in [5.41, 5.74) is 1.96. The molecule has 8 heteroatoms. The van der Waals surface area contributed by atoms with Crippen LogP contribution in [0.3, 0.4) is 0 Å². The summed E-state index contributed by atoms with van der Waals surface area (Å²) < 4.78 is 4.56. The zero-order valence-electron chi connectivity index (χ0n) is 12.3. The largest absolute Gasteiger partial charge is 0.350 e. The normalized spacial score (nSPS) is 10.3. The highest BCUT2D eigenvalue weighted by molar-refractivity contribution is 8.00. The molecule has 0 radical (unpaired) electrons. The van der Waals surface area contributed by atoms with Gasteiger partial charge in [-0.2, -0.15) is 0 Å². The van der Waals surface area contributed by atoms with Crippen LogP contribution in [0.15, 0.2) is 33.8 Å². The molecule has 0 fully saturated rings. The van der Waals surface area contributed by atoms with Crippen LogP contribution in [-0.4, -0.2) is 27.9 Å². The fourth-order valence-electron chi connectivity index (χ4n) is 1.67. The summed E-state index contributed by atoms with van der Waals surface area (Å²) in [6.07, 6.45) is 0. The molecule has 0 aliphatic carbocycles. The summed E-state index contributed by atoms with van der Waals surface area (Å²) in [7, 11) is 0. The first-order chi connectivity index (χ1) is 10.6. The van der Waals surface area contributed by atoms with Crippen LogP contribution in [0, 0.1) is 6.92 Å². The Kier molecular flexibility index (Phi) is 5.54. The minimum absolute atomic E-state index is 0.134. The molecule has 1 heterocycles. The maximum absolute atomic E-state index is 11.9. The number of carbonyl (C=O) groups excluding carboxylic acids is 2. The first-order valence-electron chi connectivity index (χ1n) is 6.60. The van der Waals surface area contributed by atoms with Gasteiger partial charge in [-0.1, -0.05) is 22.4 Å². The van der Waals surface area contributed by atoms with Gasteiger partial charge in [0.05, 0.1) is 18.0 Å². The van der Waals surface area contributed by atoms with Crippen LogP contribution >= 0.6 is 11.8 Å². The number of para-hydroxylation sites is 1. The molecule has 2 N–H and O–H groups in total. The SMILES string of the molecule is CC(=O)Nc1ccccc1SCC(=O)NCc1nonc1C. The summed E-state index contributed by atoms with van der Waals surface area (Å²) in [5, 5.41) is 12.8. The van der Waals surface area contributed by atoms with E-state index in [9.17, 15) is 9.59 Å². The third-order valence-electron chi connectivity index (χ3n) is 2.76. The molecule has 0 saturated heterocycles. The average Bonchev–Trinajstić information content (AvgIpc) is 2.89. The van der Waals surface area contributed by atoms with Crippen LogP contribution in [-0.2, 0) is 16.1 Å². The molecule has 0 unspecified atom stereocenters. The minimum atomic E-state index is -0.147. The summed E-state index contributed by atoms with van der Waals surface area (Å²) in [6.45, 7) is 3.49. The number of aromatic nitrogens is 2. The second-order valence-corrected chi connectivity index (χ2v) is 5.56. The van der Waals surface area contributed by atoms with Crippen molar-refractivity contribution >= 4 is 29.3 Å². The Morgan fingerprint density at radius 1 is 1.27 bits per heavy atom. The summed E-state index contributed by atoms with van der Waals surface area (Å²) in [4.78, 5) is 23.8. The number of nitrogens with one attached hydrogen (secondary N) is 2. The van der Waals surface area contributed by atoms with Gasteiger partial charge >= 0.3 is 0 Å². The fourth-order valence-corrected chi connectivity index (χ4v) is 2.51. The summed E-state index contributed by atoms with van der Waals surface area (Å²) >= 11 is 1.35. The predicted octanol–water partition coefficient (Wildman–Crippen LogP) is 1.74. The lowest BCUT2D eigenvalue weighted by atomic mass is 10.3. The Bertz CT molecular complexity index is 672. The highest BCUT2D eigenvalue weighted by Gasteiger charge is 2.09. The highest BCUT2D eigenvalue weighted by Crippen LogP contribution is 2.26. The molecule has 0 bridgehead atoms. The van der Waals surface area contributed by atoms with Crippen LogP contribution < -0.4 is 10.6 Å². The van der Waals surface area contributed by atoms with E-state index >= 15 is 0 Å². The van der Waals surface area contributed by atoms with Crippen LogP contribution in [0.5, 0.6) is 0 Å². The number of nitrogens with zero attached hydrogens (tertiary/aromatic N) is 2. The monoisotopic (exact) mass is 320 g/mol. The van der Waals surface area contributed by atoms with Gasteiger partial charge in [-0.25, -0.2) is 4.63 Å². The summed E-state index contributed by atoms with van der Waals surface area (Å²) in [5.74, 6) is -0.0440. The number of benzene rings is 1. The topological polar surface area (TPSA) is 97.1 Å². The van der Waals surface area contributed by atoms with Crippen molar-refractivity contribution in [3.05, 3.63) is 35.7 Å². The van der Waals surface area contributed by atoms with Crippen LogP contribution in [0.1, 0.15) is 18.3 Å². The van der Waals surface area contributed by atoms with Crippen molar-refractivity contribution in [2.24, 2.45) is 0 Å². The van der Waals surface area contributed by atoms with Crippen molar-refractivity contribution < 1.29 is 14.2 Å². The van der Waals surface area contributed by atoms with Gasteiger partial charge in [-0.15, -0.1) is 11.8 Å². The molecule has 7 nitrogen and oxygen atoms in total. The Hall–Kier alpha value is -2.35. The van der Waals surface area contributed by atoms with Crippen molar-refractivity contribution in [1.82, 2.24) is 15.6 Å². The third-order valence-corrected chi connectivity index (χ3v) is 3.83. The Labute approximate surface area is 131 Å². The van der Waals surface area contributed by atoms with Crippen molar-refractivity contribution in [2.45, 2.75) is 25.3 Å². The van der Waals surface area contributed by atoms with E-state index in [2.05, 4.69) is 25.6 Å². The number of thioether (sulfide) groups is 1. The van der Waals surface area contributed by atoms with Gasteiger partial charge in [-0.3, -0.25) is 9.59 Å². The molecule has 2 amide bonds. The van der Waals surface area contributed by atoms with E-state index < -0.39 is 0 Å². The molecule has 2 rings (SSSR count). The number of aryl methyl sites for hydroxylation is 1. The fraction of sp³-hybridized carbons (Fsp3) is 0.286. The van der Waals surface area contributed by atoms with Gasteiger partial charge in [0.25, 0.3) is 0 Å². The molecule has 0 aliphatic heterocycles. The molecule has 0 aliphatic rings. The van der Waals surface area contributed by atoms with Crippen molar-refractivity contribution in [1.29, 1.82) is 0 Å². The number of amides is 2. The zero-order chi connectivity index (χ0) is 15.9. The van der Waals surface area contributed by atoms with Crippen molar-refractivity contribution in [2.75, 3.05) is 11.1 Å². The van der Waals surface area contributed by atoms with Gasteiger partial charge in [0.2, 0.25) is 11.8 Å². The zero-order valence-corrected chi connectivity index (χ0v) is 13.1. The maximum atomic E-state index is 11.9. The predicted molar refractivity (Wildman–Crippen MR) is 82.4 cm³/mol. The summed E-state index contributed by atoms with van der Waals surface area (Å²) in [6, 6.07) is 7.34. The van der Waals surface area contributed by atoms with Gasteiger partial charge < -0.3 is 10.6 Å². The van der Waals surface area contributed by atoms with Crippen molar-refractivity contribution in [3.8, 4) is 0 Å². The van der Waals surface area contributed by atoms with E-state index in [4.69, 9.17) is 0 Å². The quantitative estimate of drug-likeness (QED) is 0.787. The van der Waals surface area contributed by atoms with Gasteiger partial charge in [0.15, 0.2) is 0 Å². The van der Waals surface area contributed by atoms with Crippen LogP contribution in [0.25, 0.3) is 0 Å². The number of carbonyl (C=O) groups is 2. The molecule has 0 spiro atoms. The average molecular weight is 320 g/mol. The van der Waals surface area contributed by atoms with E-state index in [1.165, 1.54) is 18.7 Å². The minimum Gasteiger partial charge on any atom is -0.350 e. The first-order valence-corrected chi connectivity index (χ1v) is 7.59.